The van der Waals surface area contributed by atoms with E-state index in [1.54, 1.807) is 0 Å². The highest BCUT2D eigenvalue weighted by Crippen LogP contribution is 2.23. The van der Waals surface area contributed by atoms with Crippen LogP contribution in [0.2, 0.25) is 0 Å². The van der Waals surface area contributed by atoms with Gasteiger partial charge in [0.15, 0.2) is 0 Å². The summed E-state index contributed by atoms with van der Waals surface area (Å²) in [5.74, 6) is 0.584. The van der Waals surface area contributed by atoms with E-state index in [-0.39, 0.29) is 0 Å². The van der Waals surface area contributed by atoms with E-state index in [0.717, 1.165) is 6.42 Å². The monoisotopic (exact) mass is 208 g/mol. The highest BCUT2D eigenvalue weighted by atomic mass is 14.1. The summed E-state index contributed by atoms with van der Waals surface area (Å²) in [7, 11) is 0. The molecule has 0 aliphatic heterocycles. The first-order valence-corrected chi connectivity index (χ1v) is 6.04. The van der Waals surface area contributed by atoms with Crippen molar-refractivity contribution >= 4 is 0 Å². The Morgan fingerprint density at radius 3 is 1.93 bits per heavy atom. The molecule has 0 fully saturated rings. The van der Waals surface area contributed by atoms with Crippen molar-refractivity contribution in [2.24, 2.45) is 5.92 Å². The molecule has 0 amide bonds. The molecule has 0 aromatic carbocycles. The minimum absolute atomic E-state index is 0.584. The lowest BCUT2D eigenvalue weighted by Crippen LogP contribution is -1.98. The molecule has 15 heavy (non-hydrogen) atoms. The largest absolute Gasteiger partial charge is 0.0988 e. The van der Waals surface area contributed by atoms with Crippen molar-refractivity contribution in [2.75, 3.05) is 0 Å². The summed E-state index contributed by atoms with van der Waals surface area (Å²) in [5.41, 5.74) is 4.14. The van der Waals surface area contributed by atoms with Crippen molar-refractivity contribution in [1.29, 1.82) is 0 Å². The Morgan fingerprint density at radius 2 is 1.67 bits per heavy atom. The Kier molecular flexibility index (Phi) is 10.8. The fourth-order valence-corrected chi connectivity index (χ4v) is 1.75. The molecule has 0 radical (unpaired) electrons. The fraction of sp³-hybridized carbons (Fsp3) is 0.600. The summed E-state index contributed by atoms with van der Waals surface area (Å²) in [6.45, 7) is 18.8. The molecule has 0 nitrogen and oxygen atoms in total. The van der Waals surface area contributed by atoms with Crippen molar-refractivity contribution < 1.29 is 0 Å². The molecule has 0 aliphatic carbocycles. The first kappa shape index (κ1) is 16.6. The average molecular weight is 208 g/mol. The standard InChI is InChI=1S/C13H22.C2H6/c1-7-9-12(6)13(10(3)4)11(5)8-2;1-2/h8-10H,2,7H2,1,3-6H3;1-2H3/b12-9-,13-11-;. The highest BCUT2D eigenvalue weighted by Gasteiger charge is 2.07. The summed E-state index contributed by atoms with van der Waals surface area (Å²) >= 11 is 0. The predicted molar refractivity (Wildman–Crippen MR) is 73.1 cm³/mol. The Balaban J connectivity index is 0. The molecule has 0 heterocycles. The SMILES string of the molecule is C=C/C(C)=C(\C(C)=C/CC)C(C)C.CC. The first-order chi connectivity index (χ1) is 7.04. The zero-order chi connectivity index (χ0) is 12.4. The Hall–Kier alpha value is -0.780. The maximum absolute atomic E-state index is 3.82. The minimum atomic E-state index is 0.584. The van der Waals surface area contributed by atoms with Crippen molar-refractivity contribution in [3.8, 4) is 0 Å². The van der Waals surface area contributed by atoms with Gasteiger partial charge in [0, 0.05) is 0 Å². The van der Waals surface area contributed by atoms with Gasteiger partial charge < -0.3 is 0 Å². The van der Waals surface area contributed by atoms with Crippen LogP contribution in [0.4, 0.5) is 0 Å². The van der Waals surface area contributed by atoms with Gasteiger partial charge in [-0.2, -0.15) is 0 Å². The van der Waals surface area contributed by atoms with Crippen LogP contribution in [0, 0.1) is 5.92 Å². The number of rotatable bonds is 4. The van der Waals surface area contributed by atoms with Gasteiger partial charge in [-0.25, -0.2) is 0 Å². The van der Waals surface area contributed by atoms with E-state index >= 15 is 0 Å². The normalized spacial score (nSPS) is 12.9. The van der Waals surface area contributed by atoms with E-state index in [1.807, 2.05) is 19.9 Å². The van der Waals surface area contributed by atoms with Crippen LogP contribution in [0.5, 0.6) is 0 Å². The Morgan fingerprint density at radius 1 is 1.20 bits per heavy atom. The first-order valence-electron chi connectivity index (χ1n) is 6.04. The molecule has 0 aromatic heterocycles. The molecule has 0 saturated heterocycles. The molecule has 0 saturated carbocycles. The molecular weight excluding hydrogens is 180 g/mol. The maximum Gasteiger partial charge on any atom is -0.0214 e. The lowest BCUT2D eigenvalue weighted by molar-refractivity contribution is 0.767. The van der Waals surface area contributed by atoms with Crippen LogP contribution >= 0.6 is 0 Å². The summed E-state index contributed by atoms with van der Waals surface area (Å²) in [5, 5.41) is 0. The predicted octanol–water partition coefficient (Wildman–Crippen LogP) is 5.53. The molecule has 0 aromatic rings. The second kappa shape index (κ2) is 9.76. The van der Waals surface area contributed by atoms with Gasteiger partial charge in [0.05, 0.1) is 0 Å². The summed E-state index contributed by atoms with van der Waals surface area (Å²) in [4.78, 5) is 0. The molecule has 0 rings (SSSR count). The van der Waals surface area contributed by atoms with Crippen LogP contribution in [-0.4, -0.2) is 0 Å². The third-order valence-corrected chi connectivity index (χ3v) is 2.24. The van der Waals surface area contributed by atoms with E-state index in [9.17, 15) is 0 Å². The smallest absolute Gasteiger partial charge is 0.0214 e. The van der Waals surface area contributed by atoms with E-state index in [4.69, 9.17) is 0 Å². The van der Waals surface area contributed by atoms with Gasteiger partial charge in [-0.1, -0.05) is 58.9 Å². The van der Waals surface area contributed by atoms with E-state index in [2.05, 4.69) is 47.3 Å². The molecule has 0 heteroatoms. The van der Waals surface area contributed by atoms with Crippen LogP contribution in [0.3, 0.4) is 0 Å². The van der Waals surface area contributed by atoms with Gasteiger partial charge in [-0.15, -0.1) is 0 Å². The molecule has 0 aliphatic rings. The third-order valence-electron chi connectivity index (χ3n) is 2.24. The second-order valence-electron chi connectivity index (χ2n) is 3.75. The highest BCUT2D eigenvalue weighted by molar-refractivity contribution is 5.38. The molecule has 0 bridgehead atoms. The van der Waals surface area contributed by atoms with Crippen molar-refractivity contribution in [3.05, 3.63) is 35.5 Å². The maximum atomic E-state index is 3.82. The van der Waals surface area contributed by atoms with Crippen LogP contribution in [-0.2, 0) is 0 Å². The van der Waals surface area contributed by atoms with E-state index in [1.165, 1.54) is 16.7 Å². The Bertz CT molecular complexity index is 226. The average Bonchev–Trinajstić information content (AvgIpc) is 2.20. The van der Waals surface area contributed by atoms with Gasteiger partial charge in [-0.3, -0.25) is 0 Å². The molecule has 0 unspecified atom stereocenters. The number of hydrogen-bond donors (Lipinski definition) is 0. The third kappa shape index (κ3) is 6.33. The van der Waals surface area contributed by atoms with Gasteiger partial charge in [-0.05, 0) is 37.3 Å². The minimum Gasteiger partial charge on any atom is -0.0988 e. The number of hydrogen-bond acceptors (Lipinski definition) is 0. The van der Waals surface area contributed by atoms with Crippen LogP contribution in [0.25, 0.3) is 0 Å². The summed E-state index contributed by atoms with van der Waals surface area (Å²) < 4.78 is 0. The van der Waals surface area contributed by atoms with Gasteiger partial charge >= 0.3 is 0 Å². The summed E-state index contributed by atoms with van der Waals surface area (Å²) in [6, 6.07) is 0. The molecule has 0 atom stereocenters. The van der Waals surface area contributed by atoms with Crippen LogP contribution in [0.15, 0.2) is 35.5 Å². The zero-order valence-corrected chi connectivity index (χ0v) is 11.6. The van der Waals surface area contributed by atoms with E-state index < -0.39 is 0 Å². The van der Waals surface area contributed by atoms with Gasteiger partial charge in [0.25, 0.3) is 0 Å². The van der Waals surface area contributed by atoms with Gasteiger partial charge in [0.1, 0.15) is 0 Å². The molecule has 0 N–H and O–H groups in total. The fourth-order valence-electron chi connectivity index (χ4n) is 1.75. The van der Waals surface area contributed by atoms with Gasteiger partial charge in [0.2, 0.25) is 0 Å². The lowest BCUT2D eigenvalue weighted by Gasteiger charge is -2.14. The second-order valence-corrected chi connectivity index (χ2v) is 3.75. The van der Waals surface area contributed by atoms with Crippen molar-refractivity contribution in [3.63, 3.8) is 0 Å². The van der Waals surface area contributed by atoms with Crippen molar-refractivity contribution in [1.82, 2.24) is 0 Å². The molecular formula is C15H28. The quantitative estimate of drug-likeness (QED) is 0.533. The van der Waals surface area contributed by atoms with E-state index in [0.29, 0.717) is 5.92 Å². The topological polar surface area (TPSA) is 0 Å². The van der Waals surface area contributed by atoms with Crippen molar-refractivity contribution in [2.45, 2.75) is 54.9 Å². The van der Waals surface area contributed by atoms with Crippen LogP contribution < -0.4 is 0 Å². The lowest BCUT2D eigenvalue weighted by atomic mass is 9.91. The Labute approximate surface area is 96.8 Å². The molecule has 0 spiro atoms. The zero-order valence-electron chi connectivity index (χ0n) is 11.6. The number of allylic oxidation sites excluding steroid dienone is 5. The summed E-state index contributed by atoms with van der Waals surface area (Å²) in [6.07, 6.45) is 5.33. The molecule has 88 valence electrons. The van der Waals surface area contributed by atoms with Crippen LogP contribution in [0.1, 0.15) is 54.9 Å².